The van der Waals surface area contributed by atoms with E-state index in [2.05, 4.69) is 53.2 Å². The van der Waals surface area contributed by atoms with E-state index in [-0.39, 0.29) is 11.5 Å². The molecule has 5 aromatic rings. The van der Waals surface area contributed by atoms with Gasteiger partial charge in [-0.25, -0.2) is 0 Å². The lowest BCUT2D eigenvalue weighted by Gasteiger charge is -2.18. The standard InChI is InChI=1S/C33H28ClF3N2O/c1-20-22(3)39(19-23-12-14-25(15-13-23)24-8-5-4-6-9-24)30-17-16-26(18-28(20)30)32(40)38-21(2)27-10-7-11-29(31(27)34)33(35,36)37/h4-18,21H,19H2,1-3H3,(H,38,40)/t21-/m0/s1. The van der Waals surface area contributed by atoms with Gasteiger partial charge in [0.1, 0.15) is 0 Å². The molecule has 1 atom stereocenters. The minimum absolute atomic E-state index is 0.211. The molecule has 40 heavy (non-hydrogen) atoms. The predicted octanol–water partition coefficient (Wildman–Crippen LogP) is 9.14. The summed E-state index contributed by atoms with van der Waals surface area (Å²) in [6.45, 7) is 6.39. The molecule has 0 aliphatic rings. The Morgan fingerprint density at radius 1 is 0.900 bits per heavy atom. The van der Waals surface area contributed by atoms with Crippen LogP contribution in [0.5, 0.6) is 0 Å². The van der Waals surface area contributed by atoms with Crippen LogP contribution in [0.2, 0.25) is 5.02 Å². The average molecular weight is 561 g/mol. The summed E-state index contributed by atoms with van der Waals surface area (Å²) in [6.07, 6.45) is -4.58. The van der Waals surface area contributed by atoms with Gasteiger partial charge in [0.15, 0.2) is 0 Å². The zero-order valence-electron chi connectivity index (χ0n) is 22.3. The van der Waals surface area contributed by atoms with Gasteiger partial charge in [-0.15, -0.1) is 0 Å². The number of aryl methyl sites for hydroxylation is 1. The van der Waals surface area contributed by atoms with Gasteiger partial charge >= 0.3 is 6.18 Å². The van der Waals surface area contributed by atoms with E-state index in [1.54, 1.807) is 13.0 Å². The first-order chi connectivity index (χ1) is 19.0. The van der Waals surface area contributed by atoms with Gasteiger partial charge in [-0.3, -0.25) is 4.79 Å². The monoisotopic (exact) mass is 560 g/mol. The molecule has 1 N–H and O–H groups in total. The van der Waals surface area contributed by atoms with E-state index in [9.17, 15) is 18.0 Å². The molecule has 0 aliphatic carbocycles. The summed E-state index contributed by atoms with van der Waals surface area (Å²) < 4.78 is 42.1. The van der Waals surface area contributed by atoms with Crippen molar-refractivity contribution in [2.75, 3.05) is 0 Å². The maximum atomic E-state index is 13.3. The van der Waals surface area contributed by atoms with Gasteiger partial charge in [-0.1, -0.05) is 78.3 Å². The minimum atomic E-state index is -4.58. The lowest BCUT2D eigenvalue weighted by Crippen LogP contribution is -2.27. The number of carbonyl (C=O) groups excluding carboxylic acids is 1. The lowest BCUT2D eigenvalue weighted by molar-refractivity contribution is -0.137. The second-order valence-electron chi connectivity index (χ2n) is 9.99. The van der Waals surface area contributed by atoms with Crippen molar-refractivity contribution in [2.45, 2.75) is 39.5 Å². The van der Waals surface area contributed by atoms with Crippen LogP contribution in [-0.4, -0.2) is 10.5 Å². The largest absolute Gasteiger partial charge is 0.417 e. The predicted molar refractivity (Wildman–Crippen MR) is 155 cm³/mol. The number of nitrogens with one attached hydrogen (secondary N) is 1. The van der Waals surface area contributed by atoms with Gasteiger partial charge < -0.3 is 9.88 Å². The van der Waals surface area contributed by atoms with Crippen molar-refractivity contribution in [1.29, 1.82) is 0 Å². The maximum Gasteiger partial charge on any atom is 0.417 e. The Kier molecular flexibility index (Phi) is 7.47. The van der Waals surface area contributed by atoms with Crippen molar-refractivity contribution in [3.8, 4) is 11.1 Å². The molecule has 1 aromatic heterocycles. The van der Waals surface area contributed by atoms with Gasteiger partial charge in [0.25, 0.3) is 5.91 Å². The van der Waals surface area contributed by atoms with E-state index in [4.69, 9.17) is 11.6 Å². The maximum absolute atomic E-state index is 13.3. The highest BCUT2D eigenvalue weighted by molar-refractivity contribution is 6.32. The summed E-state index contributed by atoms with van der Waals surface area (Å²) in [7, 11) is 0. The van der Waals surface area contributed by atoms with Crippen LogP contribution < -0.4 is 5.32 Å². The number of alkyl halides is 3. The summed E-state index contributed by atoms with van der Waals surface area (Å²) in [5.74, 6) is -0.385. The average Bonchev–Trinajstić information content (AvgIpc) is 3.17. The summed E-state index contributed by atoms with van der Waals surface area (Å²) in [5.41, 5.74) is 6.38. The van der Waals surface area contributed by atoms with E-state index in [1.165, 1.54) is 17.7 Å². The topological polar surface area (TPSA) is 34.0 Å². The highest BCUT2D eigenvalue weighted by Gasteiger charge is 2.34. The molecule has 4 aromatic carbocycles. The lowest BCUT2D eigenvalue weighted by atomic mass is 10.0. The van der Waals surface area contributed by atoms with Crippen LogP contribution in [0.4, 0.5) is 13.2 Å². The van der Waals surface area contributed by atoms with Crippen LogP contribution in [0.25, 0.3) is 22.0 Å². The molecule has 3 nitrogen and oxygen atoms in total. The number of carbonyl (C=O) groups is 1. The zero-order valence-corrected chi connectivity index (χ0v) is 23.1. The number of nitrogens with zero attached hydrogens (tertiary/aromatic N) is 1. The van der Waals surface area contributed by atoms with Crippen molar-refractivity contribution in [3.63, 3.8) is 0 Å². The number of halogens is 4. The van der Waals surface area contributed by atoms with E-state index in [0.717, 1.165) is 39.4 Å². The molecule has 0 bridgehead atoms. The Hall–Kier alpha value is -4.03. The number of benzene rings is 4. The third-order valence-electron chi connectivity index (χ3n) is 7.45. The fourth-order valence-electron chi connectivity index (χ4n) is 5.07. The minimum Gasteiger partial charge on any atom is -0.345 e. The van der Waals surface area contributed by atoms with Crippen LogP contribution in [0.3, 0.4) is 0 Å². The Labute approximate surface area is 236 Å². The Morgan fingerprint density at radius 3 is 2.25 bits per heavy atom. The highest BCUT2D eigenvalue weighted by atomic mass is 35.5. The first kappa shape index (κ1) is 27.5. The summed E-state index contributed by atoms with van der Waals surface area (Å²) in [4.78, 5) is 13.1. The summed E-state index contributed by atoms with van der Waals surface area (Å²) >= 11 is 6.07. The molecule has 0 saturated heterocycles. The first-order valence-electron chi connectivity index (χ1n) is 12.9. The van der Waals surface area contributed by atoms with Crippen LogP contribution in [0.1, 0.15) is 51.3 Å². The quantitative estimate of drug-likeness (QED) is 0.221. The van der Waals surface area contributed by atoms with Crippen LogP contribution in [0, 0.1) is 13.8 Å². The molecule has 0 radical (unpaired) electrons. The molecule has 0 unspecified atom stereocenters. The fourth-order valence-corrected chi connectivity index (χ4v) is 5.47. The smallest absolute Gasteiger partial charge is 0.345 e. The molecule has 1 amide bonds. The Bertz CT molecular complexity index is 1690. The number of aromatic nitrogens is 1. The van der Waals surface area contributed by atoms with E-state index >= 15 is 0 Å². The normalized spacial score (nSPS) is 12.5. The van der Waals surface area contributed by atoms with Crippen LogP contribution in [0.15, 0.2) is 91.0 Å². The second-order valence-corrected chi connectivity index (χ2v) is 10.4. The van der Waals surface area contributed by atoms with Crippen LogP contribution in [-0.2, 0) is 12.7 Å². The summed E-state index contributed by atoms with van der Waals surface area (Å²) in [6, 6.07) is 27.2. The zero-order chi connectivity index (χ0) is 28.6. The van der Waals surface area contributed by atoms with E-state index in [0.29, 0.717) is 12.1 Å². The van der Waals surface area contributed by atoms with E-state index < -0.39 is 22.8 Å². The molecule has 204 valence electrons. The van der Waals surface area contributed by atoms with Gasteiger partial charge in [-0.2, -0.15) is 13.2 Å². The fraction of sp³-hybridized carbons (Fsp3) is 0.182. The molecule has 1 heterocycles. The molecule has 0 fully saturated rings. The van der Waals surface area contributed by atoms with Crippen molar-refractivity contribution < 1.29 is 18.0 Å². The molecule has 0 aliphatic heterocycles. The highest BCUT2D eigenvalue weighted by Crippen LogP contribution is 2.38. The number of rotatable bonds is 6. The first-order valence-corrected chi connectivity index (χ1v) is 13.3. The van der Waals surface area contributed by atoms with Gasteiger partial charge in [-0.05, 0) is 72.9 Å². The van der Waals surface area contributed by atoms with Crippen LogP contribution >= 0.6 is 11.6 Å². The molecular weight excluding hydrogens is 533 g/mol. The van der Waals surface area contributed by atoms with Gasteiger partial charge in [0, 0.05) is 28.7 Å². The summed E-state index contributed by atoms with van der Waals surface area (Å²) in [5, 5.41) is 3.35. The Balaban J connectivity index is 1.37. The van der Waals surface area contributed by atoms with E-state index in [1.807, 2.05) is 37.3 Å². The van der Waals surface area contributed by atoms with Crippen molar-refractivity contribution in [3.05, 3.63) is 130 Å². The molecule has 0 saturated carbocycles. The number of hydrogen-bond acceptors (Lipinski definition) is 1. The molecule has 5 rings (SSSR count). The number of fused-ring (bicyclic) bond motifs is 1. The van der Waals surface area contributed by atoms with Gasteiger partial charge in [0.2, 0.25) is 0 Å². The van der Waals surface area contributed by atoms with Gasteiger partial charge in [0.05, 0.1) is 16.6 Å². The van der Waals surface area contributed by atoms with Crippen molar-refractivity contribution in [2.24, 2.45) is 0 Å². The van der Waals surface area contributed by atoms with Crippen molar-refractivity contribution in [1.82, 2.24) is 9.88 Å². The number of hydrogen-bond donors (Lipinski definition) is 1. The third-order valence-corrected chi connectivity index (χ3v) is 7.87. The molecule has 0 spiro atoms. The number of amides is 1. The Morgan fingerprint density at radius 2 is 1.57 bits per heavy atom. The van der Waals surface area contributed by atoms with Crippen molar-refractivity contribution >= 4 is 28.4 Å². The SMILES string of the molecule is Cc1c(C)n(Cc2ccc(-c3ccccc3)cc2)c2ccc(C(=O)N[C@@H](C)c3cccc(C(F)(F)F)c3Cl)cc12. The third kappa shape index (κ3) is 5.36. The molecule has 7 heteroatoms. The molecular formula is C33H28ClF3N2O. The second kappa shape index (κ2) is 10.9.